The minimum atomic E-state index is 0.102. The summed E-state index contributed by atoms with van der Waals surface area (Å²) in [5.74, 6) is 0.523. The molecular formula is C17H19N3O2. The Bertz CT molecular complexity index is 765. The van der Waals surface area contributed by atoms with Crippen molar-refractivity contribution in [3.05, 3.63) is 48.4 Å². The Morgan fingerprint density at radius 1 is 1.18 bits per heavy atom. The number of aromatic nitrogens is 3. The van der Waals surface area contributed by atoms with E-state index in [-0.39, 0.29) is 6.10 Å². The van der Waals surface area contributed by atoms with E-state index in [1.54, 1.807) is 13.3 Å². The number of hydrogen-bond donors (Lipinski definition) is 0. The molecular weight excluding hydrogens is 278 g/mol. The molecule has 0 aliphatic rings. The lowest BCUT2D eigenvalue weighted by atomic mass is 10.1. The first-order valence-corrected chi connectivity index (χ1v) is 7.32. The molecule has 0 saturated heterocycles. The Balaban J connectivity index is 1.98. The van der Waals surface area contributed by atoms with E-state index in [2.05, 4.69) is 41.2 Å². The maximum Gasteiger partial charge on any atom is 0.258 e. The van der Waals surface area contributed by atoms with Crippen LogP contribution in [0, 0.1) is 0 Å². The molecule has 0 spiro atoms. The largest absolute Gasteiger partial charge is 0.478 e. The number of nitrogens with zero attached hydrogens (tertiary/aromatic N) is 3. The van der Waals surface area contributed by atoms with Gasteiger partial charge in [0.05, 0.1) is 25.1 Å². The van der Waals surface area contributed by atoms with Gasteiger partial charge >= 0.3 is 0 Å². The lowest BCUT2D eigenvalue weighted by Crippen LogP contribution is -1.99. The standard InChI is InChI=1S/C17H19N3O2/c1-4-22-12(2)13-5-7-14(8-6-13)15-11-19-16-17(21-3)18-9-10-20(15)16/h5-12H,4H2,1-3H3. The molecule has 1 aromatic carbocycles. The molecule has 1 unspecified atom stereocenters. The Kier molecular flexibility index (Phi) is 4.06. The maximum absolute atomic E-state index is 5.62. The lowest BCUT2D eigenvalue weighted by Gasteiger charge is -2.12. The number of ether oxygens (including phenoxy) is 2. The Labute approximate surface area is 129 Å². The highest BCUT2D eigenvalue weighted by atomic mass is 16.5. The summed E-state index contributed by atoms with van der Waals surface area (Å²) in [7, 11) is 1.60. The quantitative estimate of drug-likeness (QED) is 0.723. The second kappa shape index (κ2) is 6.15. The van der Waals surface area contributed by atoms with Gasteiger partial charge in [-0.15, -0.1) is 0 Å². The van der Waals surface area contributed by atoms with Crippen molar-refractivity contribution in [2.45, 2.75) is 20.0 Å². The van der Waals surface area contributed by atoms with Gasteiger partial charge < -0.3 is 9.47 Å². The van der Waals surface area contributed by atoms with Gasteiger partial charge in [-0.3, -0.25) is 4.40 Å². The molecule has 0 radical (unpaired) electrons. The molecule has 0 N–H and O–H groups in total. The maximum atomic E-state index is 5.62. The van der Waals surface area contributed by atoms with Crippen molar-refractivity contribution < 1.29 is 9.47 Å². The molecule has 0 aliphatic carbocycles. The molecule has 0 aliphatic heterocycles. The lowest BCUT2D eigenvalue weighted by molar-refractivity contribution is 0.0764. The first-order valence-electron chi connectivity index (χ1n) is 7.32. The van der Waals surface area contributed by atoms with Crippen molar-refractivity contribution in [1.29, 1.82) is 0 Å². The fraction of sp³-hybridized carbons (Fsp3) is 0.294. The number of imidazole rings is 1. The van der Waals surface area contributed by atoms with Crippen LogP contribution >= 0.6 is 0 Å². The molecule has 1 atom stereocenters. The molecule has 22 heavy (non-hydrogen) atoms. The monoisotopic (exact) mass is 297 g/mol. The molecule has 114 valence electrons. The van der Waals surface area contributed by atoms with Crippen LogP contribution in [0.25, 0.3) is 16.9 Å². The van der Waals surface area contributed by atoms with Gasteiger partial charge in [0, 0.05) is 24.6 Å². The molecule has 0 saturated carbocycles. The van der Waals surface area contributed by atoms with Crippen LogP contribution in [0.5, 0.6) is 5.88 Å². The Morgan fingerprint density at radius 2 is 1.95 bits per heavy atom. The first kappa shape index (κ1) is 14.5. The Morgan fingerprint density at radius 3 is 2.64 bits per heavy atom. The van der Waals surface area contributed by atoms with Crippen LogP contribution in [0.3, 0.4) is 0 Å². The van der Waals surface area contributed by atoms with Crippen molar-refractivity contribution >= 4 is 5.65 Å². The third kappa shape index (κ3) is 2.55. The van der Waals surface area contributed by atoms with Gasteiger partial charge in [0.25, 0.3) is 5.88 Å². The summed E-state index contributed by atoms with van der Waals surface area (Å²) in [6.45, 7) is 4.77. The summed E-state index contributed by atoms with van der Waals surface area (Å²) >= 11 is 0. The van der Waals surface area contributed by atoms with E-state index < -0.39 is 0 Å². The van der Waals surface area contributed by atoms with Crippen LogP contribution in [0.1, 0.15) is 25.5 Å². The van der Waals surface area contributed by atoms with E-state index in [0.717, 1.165) is 11.3 Å². The zero-order chi connectivity index (χ0) is 15.5. The molecule has 3 aromatic rings. The van der Waals surface area contributed by atoms with Gasteiger partial charge in [0.2, 0.25) is 5.65 Å². The van der Waals surface area contributed by atoms with Crippen molar-refractivity contribution in [1.82, 2.24) is 14.4 Å². The first-order chi connectivity index (χ1) is 10.7. The fourth-order valence-corrected chi connectivity index (χ4v) is 2.52. The van der Waals surface area contributed by atoms with E-state index in [0.29, 0.717) is 18.1 Å². The highest BCUT2D eigenvalue weighted by Crippen LogP contribution is 2.26. The SMILES string of the molecule is CCOC(C)c1ccc(-c2cnc3c(OC)nccn23)cc1. The van der Waals surface area contributed by atoms with E-state index >= 15 is 0 Å². The summed E-state index contributed by atoms with van der Waals surface area (Å²) in [4.78, 5) is 8.57. The summed E-state index contributed by atoms with van der Waals surface area (Å²) in [6.07, 6.45) is 5.53. The van der Waals surface area contributed by atoms with Crippen LogP contribution in [0.2, 0.25) is 0 Å². The third-order valence-corrected chi connectivity index (χ3v) is 3.68. The van der Waals surface area contributed by atoms with Crippen LogP contribution in [-0.2, 0) is 4.74 Å². The van der Waals surface area contributed by atoms with Crippen LogP contribution in [0.4, 0.5) is 0 Å². The molecule has 0 amide bonds. The smallest absolute Gasteiger partial charge is 0.258 e. The number of rotatable bonds is 5. The number of benzene rings is 1. The van der Waals surface area contributed by atoms with Crippen LogP contribution in [-0.4, -0.2) is 28.1 Å². The van der Waals surface area contributed by atoms with Crippen molar-refractivity contribution in [3.8, 4) is 17.1 Å². The fourth-order valence-electron chi connectivity index (χ4n) is 2.52. The van der Waals surface area contributed by atoms with Gasteiger partial charge in [-0.05, 0) is 19.4 Å². The summed E-state index contributed by atoms with van der Waals surface area (Å²) in [5, 5.41) is 0. The second-order valence-electron chi connectivity index (χ2n) is 4.99. The number of hydrogen-bond acceptors (Lipinski definition) is 4. The minimum Gasteiger partial charge on any atom is -0.478 e. The minimum absolute atomic E-state index is 0.102. The molecule has 5 nitrogen and oxygen atoms in total. The van der Waals surface area contributed by atoms with Gasteiger partial charge in [-0.1, -0.05) is 24.3 Å². The normalized spacial score (nSPS) is 12.5. The van der Waals surface area contributed by atoms with E-state index in [1.807, 2.05) is 23.7 Å². The summed E-state index contributed by atoms with van der Waals surface area (Å²) in [5.41, 5.74) is 3.98. The van der Waals surface area contributed by atoms with Crippen molar-refractivity contribution in [2.24, 2.45) is 0 Å². The van der Waals surface area contributed by atoms with Crippen molar-refractivity contribution in [2.75, 3.05) is 13.7 Å². The van der Waals surface area contributed by atoms with Gasteiger partial charge in [-0.2, -0.15) is 0 Å². The predicted molar refractivity (Wildman–Crippen MR) is 85.0 cm³/mol. The van der Waals surface area contributed by atoms with E-state index in [9.17, 15) is 0 Å². The van der Waals surface area contributed by atoms with E-state index in [1.165, 1.54) is 5.56 Å². The Hall–Kier alpha value is -2.40. The highest BCUT2D eigenvalue weighted by Gasteiger charge is 2.11. The summed E-state index contributed by atoms with van der Waals surface area (Å²) in [6, 6.07) is 8.35. The van der Waals surface area contributed by atoms with Gasteiger partial charge in [0.1, 0.15) is 0 Å². The molecule has 0 fully saturated rings. The second-order valence-corrected chi connectivity index (χ2v) is 4.99. The average molecular weight is 297 g/mol. The van der Waals surface area contributed by atoms with Crippen LogP contribution < -0.4 is 4.74 Å². The molecule has 0 bridgehead atoms. The molecule has 5 heteroatoms. The number of fused-ring (bicyclic) bond motifs is 1. The van der Waals surface area contributed by atoms with Gasteiger partial charge in [0.15, 0.2) is 0 Å². The van der Waals surface area contributed by atoms with E-state index in [4.69, 9.17) is 9.47 Å². The topological polar surface area (TPSA) is 48.7 Å². The third-order valence-electron chi connectivity index (χ3n) is 3.68. The summed E-state index contributed by atoms with van der Waals surface area (Å²) < 4.78 is 12.8. The van der Waals surface area contributed by atoms with Gasteiger partial charge in [-0.25, -0.2) is 9.97 Å². The number of methoxy groups -OCH3 is 1. The zero-order valence-corrected chi connectivity index (χ0v) is 13.0. The average Bonchev–Trinajstić information content (AvgIpc) is 2.99. The van der Waals surface area contributed by atoms with Crippen LogP contribution in [0.15, 0.2) is 42.9 Å². The molecule has 3 rings (SSSR count). The van der Waals surface area contributed by atoms with Crippen molar-refractivity contribution in [3.63, 3.8) is 0 Å². The highest BCUT2D eigenvalue weighted by molar-refractivity contribution is 5.66. The predicted octanol–water partition coefficient (Wildman–Crippen LogP) is 3.50. The molecule has 2 heterocycles. The zero-order valence-electron chi connectivity index (χ0n) is 13.0. The molecule has 2 aromatic heterocycles.